The molecule has 0 aromatic carbocycles. The Labute approximate surface area is 79.7 Å². The quantitative estimate of drug-likeness (QED) is 0.651. The molecule has 1 N–H and O–H groups in total. The van der Waals surface area contributed by atoms with E-state index in [2.05, 4.69) is 11.8 Å². The highest BCUT2D eigenvalue weighted by Crippen LogP contribution is 1.98. The Morgan fingerprint density at radius 1 is 1.54 bits per heavy atom. The molecule has 0 unspecified atom stereocenters. The van der Waals surface area contributed by atoms with Crippen molar-refractivity contribution in [1.82, 2.24) is 4.90 Å². The third-order valence-electron chi connectivity index (χ3n) is 1.80. The number of carboxylic acid groups (broad SMARTS) is 1. The molecule has 0 aliphatic heterocycles. The zero-order valence-corrected chi connectivity index (χ0v) is 8.50. The van der Waals surface area contributed by atoms with Gasteiger partial charge in [-0.3, -0.25) is 9.69 Å². The van der Waals surface area contributed by atoms with Gasteiger partial charge in [0.1, 0.15) is 0 Å². The second-order valence-corrected chi connectivity index (χ2v) is 3.13. The molecule has 0 saturated carbocycles. The Hall–Kier alpha value is -1.01. The van der Waals surface area contributed by atoms with Gasteiger partial charge in [0.25, 0.3) is 0 Å². The van der Waals surface area contributed by atoms with Gasteiger partial charge in [0, 0.05) is 12.6 Å². The van der Waals surface area contributed by atoms with Crippen LogP contribution in [0.1, 0.15) is 27.2 Å². The summed E-state index contributed by atoms with van der Waals surface area (Å²) in [6, 6.07) is 0.347. The van der Waals surface area contributed by atoms with Crippen LogP contribution >= 0.6 is 0 Å². The molecule has 3 heteroatoms. The van der Waals surface area contributed by atoms with Crippen molar-refractivity contribution in [3.8, 4) is 11.8 Å². The third-order valence-corrected chi connectivity index (χ3v) is 1.80. The topological polar surface area (TPSA) is 40.5 Å². The van der Waals surface area contributed by atoms with Crippen molar-refractivity contribution in [2.24, 2.45) is 0 Å². The third kappa shape index (κ3) is 6.18. The fourth-order valence-electron chi connectivity index (χ4n) is 0.940. The highest BCUT2D eigenvalue weighted by atomic mass is 16.4. The Kier molecular flexibility index (Phi) is 5.99. The van der Waals surface area contributed by atoms with Gasteiger partial charge in [-0.25, -0.2) is 0 Å². The minimum Gasteiger partial charge on any atom is -0.481 e. The number of carboxylic acids is 1. The predicted molar refractivity (Wildman–Crippen MR) is 52.4 cm³/mol. The summed E-state index contributed by atoms with van der Waals surface area (Å²) in [5.74, 6) is 4.98. The van der Waals surface area contributed by atoms with Gasteiger partial charge in [-0.15, -0.1) is 5.92 Å². The first-order valence-corrected chi connectivity index (χ1v) is 4.43. The Morgan fingerprint density at radius 2 is 2.15 bits per heavy atom. The number of rotatable bonds is 5. The van der Waals surface area contributed by atoms with E-state index >= 15 is 0 Å². The van der Waals surface area contributed by atoms with Crippen molar-refractivity contribution in [3.05, 3.63) is 0 Å². The summed E-state index contributed by atoms with van der Waals surface area (Å²) in [5.41, 5.74) is 0. The van der Waals surface area contributed by atoms with Crippen molar-refractivity contribution in [3.63, 3.8) is 0 Å². The molecule has 0 amide bonds. The first kappa shape index (κ1) is 12.0. The highest BCUT2D eigenvalue weighted by Gasteiger charge is 2.09. The van der Waals surface area contributed by atoms with Crippen LogP contribution in [-0.4, -0.2) is 35.1 Å². The number of nitrogens with zero attached hydrogens (tertiary/aromatic N) is 1. The molecular formula is C10H17NO2. The molecule has 0 aliphatic carbocycles. The lowest BCUT2D eigenvalue weighted by Gasteiger charge is -2.22. The fraction of sp³-hybridized carbons (Fsp3) is 0.700. The van der Waals surface area contributed by atoms with Crippen LogP contribution in [-0.2, 0) is 4.79 Å². The minimum atomic E-state index is -0.755. The summed E-state index contributed by atoms with van der Waals surface area (Å²) >= 11 is 0. The van der Waals surface area contributed by atoms with E-state index in [0.717, 1.165) is 0 Å². The maximum atomic E-state index is 10.3. The average Bonchev–Trinajstić information content (AvgIpc) is 2.03. The molecule has 74 valence electrons. The zero-order valence-electron chi connectivity index (χ0n) is 8.50. The fourth-order valence-corrected chi connectivity index (χ4v) is 0.940. The number of hydrogen-bond acceptors (Lipinski definition) is 2. The molecule has 0 aromatic rings. The van der Waals surface area contributed by atoms with Crippen LogP contribution in [0.5, 0.6) is 0 Å². The molecule has 0 fully saturated rings. The molecule has 0 aromatic heterocycles. The Morgan fingerprint density at radius 3 is 2.54 bits per heavy atom. The summed E-state index contributed by atoms with van der Waals surface area (Å²) < 4.78 is 0. The zero-order chi connectivity index (χ0) is 10.3. The van der Waals surface area contributed by atoms with Gasteiger partial charge in [-0.05, 0) is 20.8 Å². The molecule has 0 aliphatic rings. The Bertz CT molecular complexity index is 213. The van der Waals surface area contributed by atoms with E-state index in [1.54, 1.807) is 6.92 Å². The smallest absolute Gasteiger partial charge is 0.304 e. The number of aliphatic carboxylic acids is 1. The molecule has 0 radical (unpaired) electrons. The van der Waals surface area contributed by atoms with E-state index in [1.165, 1.54) is 0 Å². The second kappa shape index (κ2) is 6.50. The first-order chi connectivity index (χ1) is 6.07. The molecule has 0 heterocycles. The van der Waals surface area contributed by atoms with Gasteiger partial charge >= 0.3 is 5.97 Å². The van der Waals surface area contributed by atoms with Gasteiger partial charge in [0.15, 0.2) is 0 Å². The van der Waals surface area contributed by atoms with E-state index in [4.69, 9.17) is 5.11 Å². The van der Waals surface area contributed by atoms with Crippen molar-refractivity contribution in [2.45, 2.75) is 33.2 Å². The summed E-state index contributed by atoms with van der Waals surface area (Å²) in [4.78, 5) is 12.4. The van der Waals surface area contributed by atoms with Crippen molar-refractivity contribution in [1.29, 1.82) is 0 Å². The highest BCUT2D eigenvalue weighted by molar-refractivity contribution is 5.66. The molecule has 0 spiro atoms. The van der Waals surface area contributed by atoms with Crippen LogP contribution in [0.4, 0.5) is 0 Å². The summed E-state index contributed by atoms with van der Waals surface area (Å²) in [5, 5.41) is 8.51. The Balaban J connectivity index is 3.92. The lowest BCUT2D eigenvalue weighted by Crippen LogP contribution is -2.33. The van der Waals surface area contributed by atoms with Gasteiger partial charge in [-0.1, -0.05) is 5.92 Å². The van der Waals surface area contributed by atoms with Gasteiger partial charge < -0.3 is 5.11 Å². The lowest BCUT2D eigenvalue weighted by molar-refractivity contribution is -0.137. The summed E-state index contributed by atoms with van der Waals surface area (Å²) in [6.07, 6.45) is 0.184. The van der Waals surface area contributed by atoms with Crippen LogP contribution < -0.4 is 0 Å². The average molecular weight is 183 g/mol. The van der Waals surface area contributed by atoms with Gasteiger partial charge in [0.05, 0.1) is 13.0 Å². The van der Waals surface area contributed by atoms with Crippen LogP contribution in [0.3, 0.4) is 0 Å². The molecule has 3 nitrogen and oxygen atoms in total. The SMILES string of the molecule is CC#CCN(CCC(=O)O)C(C)C. The van der Waals surface area contributed by atoms with E-state index in [9.17, 15) is 4.79 Å². The largest absolute Gasteiger partial charge is 0.481 e. The van der Waals surface area contributed by atoms with E-state index < -0.39 is 5.97 Å². The minimum absolute atomic E-state index is 0.184. The van der Waals surface area contributed by atoms with E-state index in [0.29, 0.717) is 19.1 Å². The van der Waals surface area contributed by atoms with Crippen LogP contribution in [0.15, 0.2) is 0 Å². The standard InChI is InChI=1S/C10H17NO2/c1-4-5-7-11(9(2)3)8-6-10(12)13/h9H,6-8H2,1-3H3,(H,12,13). The molecule has 0 saturated heterocycles. The number of hydrogen-bond donors (Lipinski definition) is 1. The first-order valence-electron chi connectivity index (χ1n) is 4.43. The van der Waals surface area contributed by atoms with Crippen LogP contribution in [0.25, 0.3) is 0 Å². The van der Waals surface area contributed by atoms with Gasteiger partial charge in [0.2, 0.25) is 0 Å². The molecule has 13 heavy (non-hydrogen) atoms. The lowest BCUT2D eigenvalue weighted by atomic mass is 10.3. The van der Waals surface area contributed by atoms with Crippen molar-refractivity contribution >= 4 is 5.97 Å². The summed E-state index contributed by atoms with van der Waals surface area (Å²) in [7, 11) is 0. The normalized spacial score (nSPS) is 9.92. The second-order valence-electron chi connectivity index (χ2n) is 3.13. The molecular weight excluding hydrogens is 166 g/mol. The van der Waals surface area contributed by atoms with E-state index in [-0.39, 0.29) is 6.42 Å². The maximum Gasteiger partial charge on any atom is 0.304 e. The predicted octanol–water partition coefficient (Wildman–Crippen LogP) is 1.19. The molecule has 0 atom stereocenters. The van der Waals surface area contributed by atoms with Crippen LogP contribution in [0.2, 0.25) is 0 Å². The van der Waals surface area contributed by atoms with E-state index in [1.807, 2.05) is 18.7 Å². The molecule has 0 rings (SSSR count). The number of carbonyl (C=O) groups is 1. The van der Waals surface area contributed by atoms with Crippen molar-refractivity contribution < 1.29 is 9.90 Å². The van der Waals surface area contributed by atoms with Crippen molar-refractivity contribution in [2.75, 3.05) is 13.1 Å². The van der Waals surface area contributed by atoms with Gasteiger partial charge in [-0.2, -0.15) is 0 Å². The monoisotopic (exact) mass is 183 g/mol. The van der Waals surface area contributed by atoms with Crippen LogP contribution in [0, 0.1) is 11.8 Å². The summed E-state index contributed by atoms with van der Waals surface area (Å²) in [6.45, 7) is 7.09. The maximum absolute atomic E-state index is 10.3. The molecule has 0 bridgehead atoms.